The van der Waals surface area contributed by atoms with Crippen LogP contribution in [0.4, 0.5) is 0 Å². The highest BCUT2D eigenvalue weighted by Crippen LogP contribution is 2.46. The van der Waals surface area contributed by atoms with Gasteiger partial charge in [-0.15, -0.1) is 0 Å². The lowest BCUT2D eigenvalue weighted by atomic mass is 9.61. The van der Waals surface area contributed by atoms with Crippen LogP contribution in [-0.4, -0.2) is 48.8 Å². The van der Waals surface area contributed by atoms with Crippen LogP contribution in [0.25, 0.3) is 0 Å². The summed E-state index contributed by atoms with van der Waals surface area (Å²) in [5.41, 5.74) is 0. The molecule has 0 spiro atoms. The fourth-order valence-corrected chi connectivity index (χ4v) is 5.56. The molecule has 136 valence electrons. The number of hydrogen-bond acceptors (Lipinski definition) is 4. The van der Waals surface area contributed by atoms with Gasteiger partial charge in [-0.2, -0.15) is 0 Å². The predicted molar refractivity (Wildman–Crippen MR) is 91.1 cm³/mol. The molecule has 0 aromatic heterocycles. The molecule has 2 saturated carbocycles. The predicted octanol–water partition coefficient (Wildman–Crippen LogP) is 2.71. The molecule has 10 atom stereocenters. The molecule has 4 nitrogen and oxygen atoms in total. The summed E-state index contributed by atoms with van der Waals surface area (Å²) in [6.45, 7) is 8.96. The molecule has 2 aliphatic carbocycles. The maximum Gasteiger partial charge on any atom is 0.0858 e. The van der Waals surface area contributed by atoms with Gasteiger partial charge in [-0.05, 0) is 54.8 Å². The summed E-state index contributed by atoms with van der Waals surface area (Å²) in [7, 11) is 3.42. The molecule has 0 aliphatic heterocycles. The highest BCUT2D eigenvalue weighted by Gasteiger charge is 2.45. The molecular weight excluding hydrogens is 292 g/mol. The van der Waals surface area contributed by atoms with E-state index < -0.39 is 0 Å². The third kappa shape index (κ3) is 3.76. The van der Waals surface area contributed by atoms with E-state index in [1.165, 1.54) is 0 Å². The zero-order valence-electron chi connectivity index (χ0n) is 15.6. The van der Waals surface area contributed by atoms with Gasteiger partial charge in [0.15, 0.2) is 0 Å². The number of rotatable bonds is 4. The molecule has 0 aromatic carbocycles. The second-order valence-corrected chi connectivity index (χ2v) is 8.24. The van der Waals surface area contributed by atoms with Crippen LogP contribution in [-0.2, 0) is 9.47 Å². The molecule has 0 bridgehead atoms. The van der Waals surface area contributed by atoms with E-state index in [1.807, 2.05) is 0 Å². The Morgan fingerprint density at radius 1 is 0.739 bits per heavy atom. The van der Waals surface area contributed by atoms with Crippen molar-refractivity contribution in [3.05, 3.63) is 0 Å². The van der Waals surface area contributed by atoms with Crippen LogP contribution < -0.4 is 0 Å². The standard InChI is InChI=1S/C19H36O4/c1-10-7-16(20)18(22-5)12(3)14(10)9-15-11(2)8-17(21)19(23-6)13(15)4/h10-21H,7-9H2,1-6H3. The topological polar surface area (TPSA) is 58.9 Å². The van der Waals surface area contributed by atoms with Crippen molar-refractivity contribution in [1.82, 2.24) is 0 Å². The van der Waals surface area contributed by atoms with Gasteiger partial charge in [0.25, 0.3) is 0 Å². The third-order valence-electron chi connectivity index (χ3n) is 6.92. The first kappa shape index (κ1) is 19.2. The molecule has 0 heterocycles. The first-order chi connectivity index (χ1) is 10.8. The highest BCUT2D eigenvalue weighted by molar-refractivity contribution is 4.95. The summed E-state index contributed by atoms with van der Waals surface area (Å²) in [5.74, 6) is 2.80. The molecule has 23 heavy (non-hydrogen) atoms. The quantitative estimate of drug-likeness (QED) is 0.833. The van der Waals surface area contributed by atoms with Crippen molar-refractivity contribution < 1.29 is 19.7 Å². The number of methoxy groups -OCH3 is 2. The van der Waals surface area contributed by atoms with Gasteiger partial charge in [0.2, 0.25) is 0 Å². The van der Waals surface area contributed by atoms with Gasteiger partial charge in [0, 0.05) is 14.2 Å². The lowest BCUT2D eigenvalue weighted by molar-refractivity contribution is -0.126. The van der Waals surface area contributed by atoms with Crippen LogP contribution in [0, 0.1) is 35.5 Å². The summed E-state index contributed by atoms with van der Waals surface area (Å²) in [6, 6.07) is 0. The van der Waals surface area contributed by atoms with Gasteiger partial charge < -0.3 is 19.7 Å². The monoisotopic (exact) mass is 328 g/mol. The van der Waals surface area contributed by atoms with Crippen molar-refractivity contribution in [3.63, 3.8) is 0 Å². The zero-order valence-corrected chi connectivity index (χ0v) is 15.6. The molecule has 10 unspecified atom stereocenters. The largest absolute Gasteiger partial charge is 0.390 e. The summed E-state index contributed by atoms with van der Waals surface area (Å²) in [6.07, 6.45) is 1.94. The minimum absolute atomic E-state index is 0.0609. The molecule has 0 saturated heterocycles. The van der Waals surface area contributed by atoms with Crippen LogP contribution >= 0.6 is 0 Å². The summed E-state index contributed by atoms with van der Waals surface area (Å²) < 4.78 is 11.2. The Morgan fingerprint density at radius 2 is 1.09 bits per heavy atom. The normalized spacial score (nSPS) is 51.7. The zero-order chi connectivity index (χ0) is 17.3. The first-order valence-corrected chi connectivity index (χ1v) is 9.23. The number of aliphatic hydroxyl groups excluding tert-OH is 2. The lowest BCUT2D eigenvalue weighted by Crippen LogP contribution is -2.50. The molecule has 2 N–H and O–H groups in total. The fourth-order valence-electron chi connectivity index (χ4n) is 5.56. The Bertz CT molecular complexity index is 340. The Morgan fingerprint density at radius 3 is 1.39 bits per heavy atom. The second kappa shape index (κ2) is 7.81. The van der Waals surface area contributed by atoms with Crippen LogP contribution in [0.1, 0.15) is 47.0 Å². The maximum absolute atomic E-state index is 10.3. The van der Waals surface area contributed by atoms with E-state index in [0.717, 1.165) is 19.3 Å². The van der Waals surface area contributed by atoms with Crippen molar-refractivity contribution in [2.75, 3.05) is 14.2 Å². The Hall–Kier alpha value is -0.160. The molecule has 2 aliphatic rings. The average molecular weight is 328 g/mol. The number of hydrogen-bond donors (Lipinski definition) is 2. The molecule has 0 aromatic rings. The van der Waals surface area contributed by atoms with Crippen molar-refractivity contribution in [2.45, 2.75) is 71.4 Å². The van der Waals surface area contributed by atoms with E-state index in [9.17, 15) is 10.2 Å². The van der Waals surface area contributed by atoms with E-state index in [1.54, 1.807) is 14.2 Å². The van der Waals surface area contributed by atoms with Crippen molar-refractivity contribution >= 4 is 0 Å². The van der Waals surface area contributed by atoms with Gasteiger partial charge in [-0.25, -0.2) is 0 Å². The van der Waals surface area contributed by atoms with Crippen LogP contribution in [0.2, 0.25) is 0 Å². The minimum Gasteiger partial charge on any atom is -0.390 e. The van der Waals surface area contributed by atoms with Gasteiger partial charge in [0.05, 0.1) is 24.4 Å². The van der Waals surface area contributed by atoms with E-state index in [0.29, 0.717) is 35.5 Å². The fraction of sp³-hybridized carbons (Fsp3) is 1.00. The molecular formula is C19H36O4. The van der Waals surface area contributed by atoms with Gasteiger partial charge in [-0.1, -0.05) is 27.7 Å². The third-order valence-corrected chi connectivity index (χ3v) is 6.92. The minimum atomic E-state index is -0.351. The average Bonchev–Trinajstić information content (AvgIpc) is 2.46. The van der Waals surface area contributed by atoms with E-state index in [4.69, 9.17) is 9.47 Å². The van der Waals surface area contributed by atoms with E-state index >= 15 is 0 Å². The summed E-state index contributed by atoms with van der Waals surface area (Å²) in [5, 5.41) is 20.5. The Balaban J connectivity index is 2.12. The first-order valence-electron chi connectivity index (χ1n) is 9.23. The molecule has 4 heteroatoms. The van der Waals surface area contributed by atoms with Crippen molar-refractivity contribution in [3.8, 4) is 0 Å². The Kier molecular flexibility index (Phi) is 6.51. The van der Waals surface area contributed by atoms with Crippen LogP contribution in [0.5, 0.6) is 0 Å². The molecule has 0 amide bonds. The van der Waals surface area contributed by atoms with Crippen LogP contribution in [0.3, 0.4) is 0 Å². The second-order valence-electron chi connectivity index (χ2n) is 8.24. The van der Waals surface area contributed by atoms with Crippen molar-refractivity contribution in [2.24, 2.45) is 35.5 Å². The molecule has 0 radical (unpaired) electrons. The van der Waals surface area contributed by atoms with Crippen molar-refractivity contribution in [1.29, 1.82) is 0 Å². The number of aliphatic hydroxyl groups is 2. The lowest BCUT2D eigenvalue weighted by Gasteiger charge is -2.48. The Labute approximate surface area is 141 Å². The van der Waals surface area contributed by atoms with E-state index in [-0.39, 0.29) is 24.4 Å². The molecule has 2 rings (SSSR count). The smallest absolute Gasteiger partial charge is 0.0858 e. The van der Waals surface area contributed by atoms with Gasteiger partial charge >= 0.3 is 0 Å². The van der Waals surface area contributed by atoms with E-state index in [2.05, 4.69) is 27.7 Å². The SMILES string of the molecule is COC1C(O)CC(C)C(CC2C(C)CC(O)C(OC)C2C)C1C. The number of ether oxygens (including phenoxy) is 2. The maximum atomic E-state index is 10.3. The highest BCUT2D eigenvalue weighted by atomic mass is 16.5. The van der Waals surface area contributed by atoms with Gasteiger partial charge in [0.1, 0.15) is 0 Å². The van der Waals surface area contributed by atoms with Gasteiger partial charge in [-0.3, -0.25) is 0 Å². The summed E-state index contributed by atoms with van der Waals surface area (Å²) in [4.78, 5) is 0. The molecule has 2 fully saturated rings. The summed E-state index contributed by atoms with van der Waals surface area (Å²) >= 11 is 0. The van der Waals surface area contributed by atoms with Crippen LogP contribution in [0.15, 0.2) is 0 Å².